The lowest BCUT2D eigenvalue weighted by Gasteiger charge is -2.05. The summed E-state index contributed by atoms with van der Waals surface area (Å²) in [6.07, 6.45) is 3.46. The van der Waals surface area contributed by atoms with E-state index in [1.165, 1.54) is 23.5 Å². The quantitative estimate of drug-likeness (QED) is 0.381. The van der Waals surface area contributed by atoms with Gasteiger partial charge in [-0.15, -0.1) is 11.3 Å². The number of nitrogens with zero attached hydrogens (tertiary/aromatic N) is 3. The largest absolute Gasteiger partial charge is 0.360 e. The maximum atomic E-state index is 14.1. The van der Waals surface area contributed by atoms with E-state index >= 15 is 0 Å². The van der Waals surface area contributed by atoms with Crippen LogP contribution < -0.4 is 4.80 Å². The predicted octanol–water partition coefficient (Wildman–Crippen LogP) is 5.70. The molecule has 140 valence electrons. The Hall–Kier alpha value is -2.84. The first-order chi connectivity index (χ1) is 13.6. The number of thiazole rings is 1. The van der Waals surface area contributed by atoms with Gasteiger partial charge in [-0.05, 0) is 30.3 Å². The maximum Gasteiger partial charge on any atom is 0.211 e. The molecule has 0 unspecified atom stereocenters. The summed E-state index contributed by atoms with van der Waals surface area (Å²) < 4.78 is 29.8. The number of aromatic nitrogens is 2. The summed E-state index contributed by atoms with van der Waals surface area (Å²) in [6.45, 7) is 0. The molecule has 0 aliphatic carbocycles. The molecule has 0 aliphatic heterocycles. The van der Waals surface area contributed by atoms with Gasteiger partial charge < -0.3 is 4.98 Å². The molecule has 0 atom stereocenters. The van der Waals surface area contributed by atoms with Crippen molar-refractivity contribution in [1.82, 2.24) is 9.66 Å². The van der Waals surface area contributed by atoms with Gasteiger partial charge in [0, 0.05) is 27.7 Å². The SMILES string of the molecule is Fc1ccc(N=c2scc(-c3ccccc3Br)n2N=Cc2ccc[nH]2)c(F)c1. The molecule has 0 radical (unpaired) electrons. The number of hydrogen-bond acceptors (Lipinski definition) is 3. The summed E-state index contributed by atoms with van der Waals surface area (Å²) in [6, 6.07) is 14.8. The molecule has 0 saturated carbocycles. The molecular weight excluding hydrogens is 446 g/mol. The van der Waals surface area contributed by atoms with Gasteiger partial charge in [0.25, 0.3) is 0 Å². The van der Waals surface area contributed by atoms with E-state index in [1.807, 2.05) is 41.8 Å². The second-order valence-electron chi connectivity index (χ2n) is 5.77. The highest BCUT2D eigenvalue weighted by Crippen LogP contribution is 2.28. The highest BCUT2D eigenvalue weighted by molar-refractivity contribution is 9.10. The molecule has 2 heterocycles. The highest BCUT2D eigenvalue weighted by Gasteiger charge is 2.11. The molecule has 2 aromatic carbocycles. The fraction of sp³-hybridized carbons (Fsp3) is 0. The molecule has 4 nitrogen and oxygen atoms in total. The minimum atomic E-state index is -0.726. The van der Waals surface area contributed by atoms with E-state index in [1.54, 1.807) is 17.1 Å². The summed E-state index contributed by atoms with van der Waals surface area (Å²) in [7, 11) is 0. The van der Waals surface area contributed by atoms with Gasteiger partial charge in [0.2, 0.25) is 4.80 Å². The lowest BCUT2D eigenvalue weighted by molar-refractivity contribution is 0.584. The van der Waals surface area contributed by atoms with E-state index in [0.717, 1.165) is 27.5 Å². The van der Waals surface area contributed by atoms with Crippen molar-refractivity contribution in [3.8, 4) is 11.3 Å². The van der Waals surface area contributed by atoms with E-state index < -0.39 is 11.6 Å². The van der Waals surface area contributed by atoms with Gasteiger partial charge in [0.15, 0.2) is 5.82 Å². The normalized spacial score (nSPS) is 12.2. The van der Waals surface area contributed by atoms with Crippen molar-refractivity contribution >= 4 is 39.2 Å². The Labute approximate surface area is 171 Å². The molecule has 4 rings (SSSR count). The minimum Gasteiger partial charge on any atom is -0.360 e. The van der Waals surface area contributed by atoms with Crippen molar-refractivity contribution in [2.45, 2.75) is 0 Å². The zero-order chi connectivity index (χ0) is 19.5. The lowest BCUT2D eigenvalue weighted by atomic mass is 10.2. The minimum absolute atomic E-state index is 0.0470. The molecule has 2 aromatic heterocycles. The van der Waals surface area contributed by atoms with E-state index in [9.17, 15) is 8.78 Å². The Morgan fingerprint density at radius 1 is 1.07 bits per heavy atom. The molecule has 0 aliphatic rings. The Bertz CT molecular complexity index is 1210. The first-order valence-electron chi connectivity index (χ1n) is 8.25. The fourth-order valence-electron chi connectivity index (χ4n) is 2.56. The van der Waals surface area contributed by atoms with Gasteiger partial charge >= 0.3 is 0 Å². The molecule has 0 saturated heterocycles. The van der Waals surface area contributed by atoms with Crippen molar-refractivity contribution in [3.63, 3.8) is 0 Å². The molecule has 4 aromatic rings. The number of rotatable bonds is 4. The third-order valence-corrected chi connectivity index (χ3v) is 5.40. The summed E-state index contributed by atoms with van der Waals surface area (Å²) in [5.41, 5.74) is 2.58. The Morgan fingerprint density at radius 2 is 1.93 bits per heavy atom. The number of H-pyrrole nitrogens is 1. The van der Waals surface area contributed by atoms with Crippen molar-refractivity contribution in [3.05, 3.63) is 92.8 Å². The van der Waals surface area contributed by atoms with Crippen LogP contribution in [0.15, 0.2) is 80.7 Å². The van der Waals surface area contributed by atoms with Crippen LogP contribution in [0.5, 0.6) is 0 Å². The Morgan fingerprint density at radius 3 is 2.68 bits per heavy atom. The second-order valence-corrected chi connectivity index (χ2v) is 7.46. The Kier molecular flexibility index (Phi) is 5.31. The van der Waals surface area contributed by atoms with Crippen LogP contribution in [-0.2, 0) is 0 Å². The summed E-state index contributed by atoms with van der Waals surface area (Å²) in [4.78, 5) is 7.87. The van der Waals surface area contributed by atoms with Crippen molar-refractivity contribution < 1.29 is 8.78 Å². The number of nitrogens with one attached hydrogen (secondary N) is 1. The van der Waals surface area contributed by atoms with Crippen molar-refractivity contribution in [1.29, 1.82) is 0 Å². The van der Waals surface area contributed by atoms with E-state index in [2.05, 4.69) is 31.0 Å². The third kappa shape index (κ3) is 3.88. The molecule has 0 amide bonds. The van der Waals surface area contributed by atoms with Crippen molar-refractivity contribution in [2.24, 2.45) is 10.1 Å². The molecule has 8 heteroatoms. The topological polar surface area (TPSA) is 45.4 Å². The Balaban J connectivity index is 1.89. The van der Waals surface area contributed by atoms with Crippen LogP contribution >= 0.6 is 27.3 Å². The molecule has 1 N–H and O–H groups in total. The standard InChI is InChI=1S/C20H13BrF2N4S/c21-16-6-2-1-5-15(16)19-12-28-20(26-18-8-7-13(22)10-17(18)23)27(19)25-11-14-4-3-9-24-14/h1-12,24H. The number of hydrogen-bond donors (Lipinski definition) is 1. The smallest absolute Gasteiger partial charge is 0.211 e. The van der Waals surface area contributed by atoms with Gasteiger partial charge in [0.05, 0.1) is 17.6 Å². The first-order valence-corrected chi connectivity index (χ1v) is 9.92. The van der Waals surface area contributed by atoms with E-state index in [0.29, 0.717) is 4.80 Å². The van der Waals surface area contributed by atoms with Crippen LogP contribution in [-0.4, -0.2) is 15.9 Å². The highest BCUT2D eigenvalue weighted by atomic mass is 79.9. The van der Waals surface area contributed by atoms with Gasteiger partial charge in [-0.1, -0.05) is 34.1 Å². The fourth-order valence-corrected chi connectivity index (χ4v) is 3.89. The number of benzene rings is 2. The van der Waals surface area contributed by atoms with Gasteiger partial charge in [0.1, 0.15) is 11.5 Å². The molecular formula is C20H13BrF2N4S. The van der Waals surface area contributed by atoms with Crippen LogP contribution in [0.3, 0.4) is 0 Å². The zero-order valence-electron chi connectivity index (χ0n) is 14.3. The molecule has 28 heavy (non-hydrogen) atoms. The van der Waals surface area contributed by atoms with Crippen LogP contribution in [0.1, 0.15) is 5.69 Å². The number of aromatic amines is 1. The maximum absolute atomic E-state index is 14.1. The second kappa shape index (κ2) is 8.04. The van der Waals surface area contributed by atoms with Crippen LogP contribution in [0, 0.1) is 11.6 Å². The average molecular weight is 459 g/mol. The van der Waals surface area contributed by atoms with E-state index in [-0.39, 0.29) is 5.69 Å². The van der Waals surface area contributed by atoms with Crippen LogP contribution in [0.2, 0.25) is 0 Å². The predicted molar refractivity (Wildman–Crippen MR) is 111 cm³/mol. The molecule has 0 spiro atoms. The summed E-state index contributed by atoms with van der Waals surface area (Å²) in [5.74, 6) is -1.37. The monoisotopic (exact) mass is 458 g/mol. The van der Waals surface area contributed by atoms with Gasteiger partial charge in [-0.2, -0.15) is 5.10 Å². The van der Waals surface area contributed by atoms with Gasteiger partial charge in [-0.3, -0.25) is 0 Å². The number of halogens is 3. The first kappa shape index (κ1) is 18.5. The lowest BCUT2D eigenvalue weighted by Crippen LogP contribution is -2.12. The summed E-state index contributed by atoms with van der Waals surface area (Å²) >= 11 is 4.87. The van der Waals surface area contributed by atoms with Crippen LogP contribution in [0.25, 0.3) is 11.3 Å². The molecule has 0 bridgehead atoms. The van der Waals surface area contributed by atoms with Crippen molar-refractivity contribution in [2.75, 3.05) is 0 Å². The van der Waals surface area contributed by atoms with Gasteiger partial charge in [-0.25, -0.2) is 18.4 Å². The molecule has 0 fully saturated rings. The average Bonchev–Trinajstić information content (AvgIpc) is 3.33. The summed E-state index contributed by atoms with van der Waals surface area (Å²) in [5, 5.41) is 6.42. The zero-order valence-corrected chi connectivity index (χ0v) is 16.7. The van der Waals surface area contributed by atoms with E-state index in [4.69, 9.17) is 0 Å². The van der Waals surface area contributed by atoms with Crippen LogP contribution in [0.4, 0.5) is 14.5 Å². The third-order valence-electron chi connectivity index (χ3n) is 3.90.